The molecule has 2 fully saturated rings. The van der Waals surface area contributed by atoms with Crippen molar-refractivity contribution in [1.82, 2.24) is 14.9 Å². The van der Waals surface area contributed by atoms with Crippen LogP contribution in [0.5, 0.6) is 23.0 Å². The van der Waals surface area contributed by atoms with E-state index in [0.717, 1.165) is 36.6 Å². The van der Waals surface area contributed by atoms with E-state index in [1.54, 1.807) is 26.0 Å². The first-order chi connectivity index (χ1) is 26.7. The molecule has 0 radical (unpaired) electrons. The van der Waals surface area contributed by atoms with E-state index in [9.17, 15) is 30.7 Å². The summed E-state index contributed by atoms with van der Waals surface area (Å²) in [5.74, 6) is 5.53. The Morgan fingerprint density at radius 3 is 1.93 bits per heavy atom. The predicted molar refractivity (Wildman–Crippen MR) is 189 cm³/mol. The molecule has 0 aliphatic carbocycles. The summed E-state index contributed by atoms with van der Waals surface area (Å²) in [6.07, 6.45) is -7.35. The number of fused-ring (bicyclic) bond motifs is 2. The van der Waals surface area contributed by atoms with Crippen LogP contribution in [-0.2, 0) is 6.54 Å². The minimum Gasteiger partial charge on any atom is -0.491 e. The Morgan fingerprint density at radius 2 is 1.36 bits per heavy atom. The Balaban J connectivity index is 1.12. The number of piperidine rings is 2. The Labute approximate surface area is 315 Å². The molecule has 0 bridgehead atoms. The maximum absolute atomic E-state index is 14.9. The molecule has 0 amide bonds. The molecule has 5 aromatic rings. The van der Waals surface area contributed by atoms with Gasteiger partial charge < -0.3 is 32.7 Å². The molecule has 56 heavy (non-hydrogen) atoms. The molecule has 2 atom stereocenters. The van der Waals surface area contributed by atoms with Gasteiger partial charge in [0.15, 0.2) is 22.7 Å². The van der Waals surface area contributed by atoms with Crippen LogP contribution in [0.25, 0.3) is 22.2 Å². The van der Waals surface area contributed by atoms with Crippen molar-refractivity contribution in [2.45, 2.75) is 70.9 Å². The van der Waals surface area contributed by atoms with Crippen molar-refractivity contribution in [3.8, 4) is 23.0 Å². The van der Waals surface area contributed by atoms with Gasteiger partial charge >= 0.3 is 18.7 Å². The molecular weight excluding hydrogens is 757 g/mol. The number of hydrogen-bond donors (Lipinski definition) is 1. The highest BCUT2D eigenvalue weighted by Crippen LogP contribution is 2.39. The normalized spacial score (nSPS) is 18.8. The summed E-state index contributed by atoms with van der Waals surface area (Å²) >= 11 is 0. The first kappa shape index (κ1) is 39.1. The molecule has 19 heteroatoms. The average molecular weight is 797 g/mol. The van der Waals surface area contributed by atoms with E-state index in [0.29, 0.717) is 52.2 Å². The van der Waals surface area contributed by atoms with Crippen LogP contribution in [-0.4, -0.2) is 72.5 Å². The summed E-state index contributed by atoms with van der Waals surface area (Å²) in [5.41, 5.74) is 1.65. The summed E-state index contributed by atoms with van der Waals surface area (Å²) in [6.45, 7) is 6.45. The van der Waals surface area contributed by atoms with E-state index in [2.05, 4.69) is 24.3 Å². The molecule has 2 aliphatic heterocycles. The van der Waals surface area contributed by atoms with Crippen molar-refractivity contribution < 1.29 is 58.5 Å². The van der Waals surface area contributed by atoms with E-state index in [-0.39, 0.29) is 63.7 Å². The van der Waals surface area contributed by atoms with Crippen molar-refractivity contribution in [3.05, 3.63) is 59.9 Å². The largest absolute Gasteiger partial charge is 0.573 e. The molecule has 2 unspecified atom stereocenters. The van der Waals surface area contributed by atoms with Crippen molar-refractivity contribution in [3.63, 3.8) is 0 Å². The molecule has 0 spiro atoms. The number of hydrazine groups is 1. The number of benzene rings is 3. The van der Waals surface area contributed by atoms with Gasteiger partial charge in [0.2, 0.25) is 5.82 Å². The number of oxazole rings is 2. The highest BCUT2D eigenvalue weighted by atomic mass is 19.4. The second kappa shape index (κ2) is 15.8. The van der Waals surface area contributed by atoms with E-state index in [4.69, 9.17) is 24.2 Å². The van der Waals surface area contributed by atoms with Crippen LogP contribution in [0.2, 0.25) is 0 Å². The highest BCUT2D eigenvalue weighted by molar-refractivity contribution is 5.77. The van der Waals surface area contributed by atoms with Crippen LogP contribution in [0.1, 0.15) is 45.1 Å². The summed E-state index contributed by atoms with van der Waals surface area (Å²) < 4.78 is 123. The van der Waals surface area contributed by atoms with Crippen LogP contribution in [0.15, 0.2) is 57.4 Å². The summed E-state index contributed by atoms with van der Waals surface area (Å²) in [5, 5.41) is 1.37. The van der Waals surface area contributed by atoms with E-state index in [1.165, 1.54) is 23.2 Å². The highest BCUT2D eigenvalue weighted by Gasteiger charge is 2.40. The Hall–Kier alpha value is -5.17. The monoisotopic (exact) mass is 796 g/mol. The van der Waals surface area contributed by atoms with Crippen LogP contribution in [0.4, 0.5) is 42.8 Å². The molecule has 3 aromatic carbocycles. The van der Waals surface area contributed by atoms with Gasteiger partial charge in [-0.15, -0.1) is 26.3 Å². The van der Waals surface area contributed by atoms with Crippen LogP contribution in [0, 0.1) is 11.7 Å². The van der Waals surface area contributed by atoms with Crippen LogP contribution < -0.4 is 34.7 Å². The fourth-order valence-electron chi connectivity index (χ4n) is 7.48. The maximum Gasteiger partial charge on any atom is 0.573 e. The summed E-state index contributed by atoms with van der Waals surface area (Å²) in [4.78, 5) is 13.2. The first-order valence-electron chi connectivity index (χ1n) is 18.1. The molecular formula is C37H39F7N6O6. The Kier molecular flexibility index (Phi) is 11.0. The quantitative estimate of drug-likeness (QED) is 0.0742. The number of nitrogens with two attached hydrogens (primary N) is 1. The van der Waals surface area contributed by atoms with Crippen LogP contribution in [0.3, 0.4) is 0 Å². The van der Waals surface area contributed by atoms with Gasteiger partial charge in [0, 0.05) is 31.3 Å². The van der Waals surface area contributed by atoms with Crippen molar-refractivity contribution >= 4 is 34.2 Å². The number of likely N-dealkylation sites (tertiary alicyclic amines) is 1. The van der Waals surface area contributed by atoms with Gasteiger partial charge in [-0.3, -0.25) is 9.91 Å². The number of ether oxygens (including phenoxy) is 4. The van der Waals surface area contributed by atoms with Gasteiger partial charge in [-0.1, -0.05) is 0 Å². The average Bonchev–Trinajstić information content (AvgIpc) is 3.76. The molecule has 2 aliphatic rings. The van der Waals surface area contributed by atoms with Gasteiger partial charge in [-0.25, -0.2) is 5.84 Å². The fourth-order valence-corrected chi connectivity index (χ4v) is 7.48. The predicted octanol–water partition coefficient (Wildman–Crippen LogP) is 8.33. The molecule has 2 N–H and O–H groups in total. The number of hydrogen-bond acceptors (Lipinski definition) is 12. The standard InChI is InChI=1S/C37H39F7N6O6/c1-3-51-31-15-21(16-32(33(31)38)52-4-2)20-48-12-9-22(10-13-48)28-17-23(50(45)35-47-27-19-25(56-37(42,43)44)6-8-30(27)54-35)11-14-49(28)34-46-26-18-24(55-36(39,40)41)5-7-29(26)53-34/h5-8,15-16,18-19,22-23,28H,3-4,9-14,17,20,45H2,1-2H3. The lowest BCUT2D eigenvalue weighted by Crippen LogP contribution is -2.56. The lowest BCUT2D eigenvalue weighted by Gasteiger charge is -2.46. The zero-order valence-corrected chi connectivity index (χ0v) is 30.3. The third kappa shape index (κ3) is 8.93. The van der Waals surface area contributed by atoms with E-state index in [1.807, 2.05) is 4.90 Å². The molecule has 4 heterocycles. The second-order valence-corrected chi connectivity index (χ2v) is 13.6. The van der Waals surface area contributed by atoms with Gasteiger partial charge in [0.25, 0.3) is 6.01 Å². The van der Waals surface area contributed by atoms with E-state index >= 15 is 0 Å². The number of anilines is 2. The van der Waals surface area contributed by atoms with Gasteiger partial charge in [0.1, 0.15) is 22.5 Å². The van der Waals surface area contributed by atoms with Gasteiger partial charge in [0.05, 0.1) is 19.3 Å². The first-order valence-corrected chi connectivity index (χ1v) is 18.1. The molecule has 0 saturated carbocycles. The Bertz CT molecular complexity index is 2110. The number of aromatic nitrogens is 2. The lowest BCUT2D eigenvalue weighted by molar-refractivity contribution is -0.275. The van der Waals surface area contributed by atoms with Gasteiger partial charge in [-0.05, 0) is 100 Å². The van der Waals surface area contributed by atoms with Gasteiger partial charge in [-0.2, -0.15) is 14.4 Å². The minimum atomic E-state index is -4.88. The zero-order chi connectivity index (χ0) is 39.8. The van der Waals surface area contributed by atoms with E-state index < -0.39 is 30.0 Å². The SMILES string of the molecule is CCOc1cc(CN2CCC(C3CC(N(N)c4nc5cc(OC(F)(F)F)ccc5o4)CCN3c3nc4cc(OC(F)(F)F)ccc4o3)CC2)cc(OCC)c1F. The molecule has 12 nitrogen and oxygen atoms in total. The number of halogens is 7. The molecule has 2 saturated heterocycles. The van der Waals surface area contributed by atoms with Crippen molar-refractivity contribution in [1.29, 1.82) is 0 Å². The number of alkyl halides is 6. The Morgan fingerprint density at radius 1 is 0.786 bits per heavy atom. The summed E-state index contributed by atoms with van der Waals surface area (Å²) in [7, 11) is 0. The molecule has 2 aromatic heterocycles. The summed E-state index contributed by atoms with van der Waals surface area (Å²) in [6, 6.07) is 10.3. The van der Waals surface area contributed by atoms with Crippen molar-refractivity contribution in [2.24, 2.45) is 11.8 Å². The smallest absolute Gasteiger partial charge is 0.491 e. The topological polar surface area (TPSA) is 125 Å². The van der Waals surface area contributed by atoms with Crippen LogP contribution >= 0.6 is 0 Å². The lowest BCUT2D eigenvalue weighted by atomic mass is 9.82. The fraction of sp³-hybridized carbons (Fsp3) is 0.459. The number of rotatable bonds is 12. The zero-order valence-electron chi connectivity index (χ0n) is 30.3. The minimum absolute atomic E-state index is 0.00683. The van der Waals surface area contributed by atoms with Crippen molar-refractivity contribution in [2.75, 3.05) is 42.8 Å². The molecule has 302 valence electrons. The number of nitrogens with zero attached hydrogens (tertiary/aromatic N) is 5. The second-order valence-electron chi connectivity index (χ2n) is 13.6. The maximum atomic E-state index is 14.9. The third-order valence-corrected chi connectivity index (χ3v) is 9.89. The molecule has 7 rings (SSSR count). The third-order valence-electron chi connectivity index (χ3n) is 9.89.